The van der Waals surface area contributed by atoms with E-state index in [1.54, 1.807) is 12.1 Å². The lowest BCUT2D eigenvalue weighted by atomic mass is 10.2. The summed E-state index contributed by atoms with van der Waals surface area (Å²) in [6, 6.07) is 6.79. The van der Waals surface area contributed by atoms with Crippen LogP contribution in [0.3, 0.4) is 0 Å². The molecule has 2 aromatic rings. The number of para-hydroxylation sites is 1. The normalized spacial score (nSPS) is 10.7. The number of nitrogens with one attached hydrogen (secondary N) is 1. The number of hydrogen-bond donors (Lipinski definition) is 1. The first-order chi connectivity index (χ1) is 9.72. The van der Waals surface area contributed by atoms with E-state index < -0.39 is 0 Å². The molecule has 1 aromatic heterocycles. The van der Waals surface area contributed by atoms with Crippen LogP contribution in [0.15, 0.2) is 36.8 Å². The van der Waals surface area contributed by atoms with Crippen molar-refractivity contribution < 1.29 is 4.92 Å². The van der Waals surface area contributed by atoms with Gasteiger partial charge in [-0.3, -0.25) is 10.1 Å². The van der Waals surface area contributed by atoms with Crippen LogP contribution in [-0.2, 0) is 19.6 Å². The number of rotatable bonds is 7. The van der Waals surface area contributed by atoms with Crippen molar-refractivity contribution in [2.45, 2.75) is 33.0 Å². The summed E-state index contributed by atoms with van der Waals surface area (Å²) < 4.78 is 2.09. The first-order valence-electron chi connectivity index (χ1n) is 6.64. The van der Waals surface area contributed by atoms with Crippen molar-refractivity contribution in [3.8, 4) is 0 Å². The highest BCUT2D eigenvalue weighted by molar-refractivity contribution is 5.39. The molecule has 0 spiro atoms. The van der Waals surface area contributed by atoms with E-state index in [0.717, 1.165) is 18.7 Å². The second kappa shape index (κ2) is 6.81. The monoisotopic (exact) mass is 274 g/mol. The van der Waals surface area contributed by atoms with Gasteiger partial charge in [0.05, 0.1) is 16.9 Å². The minimum absolute atomic E-state index is 0.155. The van der Waals surface area contributed by atoms with E-state index >= 15 is 0 Å². The molecule has 0 saturated heterocycles. The standard InChI is InChI=1S/C14H18N4O2/c1-2-7-17-11-16-10-13(17)9-15-8-12-5-3-4-6-14(12)18(19)20/h3-6,10-11,15H,2,7-9H2,1H3. The van der Waals surface area contributed by atoms with Gasteiger partial charge in [0, 0.05) is 37.5 Å². The highest BCUT2D eigenvalue weighted by Crippen LogP contribution is 2.17. The molecule has 1 heterocycles. The first-order valence-corrected chi connectivity index (χ1v) is 6.64. The van der Waals surface area contributed by atoms with Crippen LogP contribution in [0.25, 0.3) is 0 Å². The molecular formula is C14H18N4O2. The Morgan fingerprint density at radius 3 is 2.90 bits per heavy atom. The van der Waals surface area contributed by atoms with Crippen LogP contribution in [0.2, 0.25) is 0 Å². The third-order valence-corrected chi connectivity index (χ3v) is 3.07. The van der Waals surface area contributed by atoms with E-state index in [4.69, 9.17) is 0 Å². The van der Waals surface area contributed by atoms with Crippen LogP contribution in [0.1, 0.15) is 24.6 Å². The highest BCUT2D eigenvalue weighted by Gasteiger charge is 2.11. The number of nitro benzene ring substituents is 1. The van der Waals surface area contributed by atoms with Crippen molar-refractivity contribution in [3.05, 3.63) is 58.2 Å². The molecule has 0 aliphatic rings. The highest BCUT2D eigenvalue weighted by atomic mass is 16.6. The Bertz CT molecular complexity index is 580. The van der Waals surface area contributed by atoms with Gasteiger partial charge in [-0.1, -0.05) is 25.1 Å². The zero-order chi connectivity index (χ0) is 14.4. The lowest BCUT2D eigenvalue weighted by Gasteiger charge is -2.08. The van der Waals surface area contributed by atoms with Gasteiger partial charge in [-0.05, 0) is 6.42 Å². The summed E-state index contributed by atoms with van der Waals surface area (Å²) in [6.45, 7) is 4.16. The number of aromatic nitrogens is 2. The number of nitro groups is 1. The minimum Gasteiger partial charge on any atom is -0.333 e. The molecule has 0 unspecified atom stereocenters. The molecule has 0 aliphatic heterocycles. The Labute approximate surface area is 117 Å². The molecule has 1 N–H and O–H groups in total. The van der Waals surface area contributed by atoms with Crippen molar-refractivity contribution in [1.82, 2.24) is 14.9 Å². The van der Waals surface area contributed by atoms with Crippen LogP contribution < -0.4 is 5.32 Å². The summed E-state index contributed by atoms with van der Waals surface area (Å²) in [5.41, 5.74) is 1.94. The SMILES string of the molecule is CCCn1cncc1CNCc1ccccc1[N+](=O)[O-]. The quantitative estimate of drug-likeness (QED) is 0.622. The predicted octanol–water partition coefficient (Wildman–Crippen LogP) is 2.49. The fourth-order valence-electron chi connectivity index (χ4n) is 2.10. The van der Waals surface area contributed by atoms with E-state index in [-0.39, 0.29) is 10.6 Å². The number of hydrogen-bond acceptors (Lipinski definition) is 4. The van der Waals surface area contributed by atoms with Gasteiger partial charge in [0.15, 0.2) is 0 Å². The maximum atomic E-state index is 10.9. The summed E-state index contributed by atoms with van der Waals surface area (Å²) in [5, 5.41) is 14.1. The zero-order valence-electron chi connectivity index (χ0n) is 11.5. The second-order valence-electron chi connectivity index (χ2n) is 4.57. The smallest absolute Gasteiger partial charge is 0.273 e. The fraction of sp³-hybridized carbons (Fsp3) is 0.357. The maximum absolute atomic E-state index is 10.9. The lowest BCUT2D eigenvalue weighted by molar-refractivity contribution is -0.385. The van der Waals surface area contributed by atoms with Gasteiger partial charge in [0.1, 0.15) is 0 Å². The summed E-state index contributed by atoms with van der Waals surface area (Å²) >= 11 is 0. The van der Waals surface area contributed by atoms with Crippen molar-refractivity contribution >= 4 is 5.69 Å². The summed E-state index contributed by atoms with van der Waals surface area (Å²) in [5.74, 6) is 0. The van der Waals surface area contributed by atoms with Gasteiger partial charge in [-0.15, -0.1) is 0 Å². The van der Waals surface area contributed by atoms with Crippen LogP contribution in [-0.4, -0.2) is 14.5 Å². The summed E-state index contributed by atoms with van der Waals surface area (Å²) in [7, 11) is 0. The number of imidazole rings is 1. The fourth-order valence-corrected chi connectivity index (χ4v) is 2.10. The van der Waals surface area contributed by atoms with Gasteiger partial charge in [-0.25, -0.2) is 4.98 Å². The number of aryl methyl sites for hydroxylation is 1. The largest absolute Gasteiger partial charge is 0.333 e. The summed E-state index contributed by atoms with van der Waals surface area (Å²) in [4.78, 5) is 14.7. The van der Waals surface area contributed by atoms with Gasteiger partial charge >= 0.3 is 0 Å². The predicted molar refractivity (Wildman–Crippen MR) is 76.2 cm³/mol. The Hall–Kier alpha value is -2.21. The van der Waals surface area contributed by atoms with Crippen molar-refractivity contribution in [2.75, 3.05) is 0 Å². The molecule has 20 heavy (non-hydrogen) atoms. The topological polar surface area (TPSA) is 73.0 Å². The molecule has 2 rings (SSSR count). The van der Waals surface area contributed by atoms with Gasteiger partial charge in [0.2, 0.25) is 0 Å². The molecule has 6 nitrogen and oxygen atoms in total. The Balaban J connectivity index is 1.96. The van der Waals surface area contributed by atoms with E-state index in [1.165, 1.54) is 6.07 Å². The molecule has 0 atom stereocenters. The Morgan fingerprint density at radius 1 is 1.35 bits per heavy atom. The molecule has 106 valence electrons. The average Bonchev–Trinajstić information content (AvgIpc) is 2.87. The second-order valence-corrected chi connectivity index (χ2v) is 4.57. The van der Waals surface area contributed by atoms with Gasteiger partial charge in [0.25, 0.3) is 5.69 Å². The van der Waals surface area contributed by atoms with Crippen molar-refractivity contribution in [1.29, 1.82) is 0 Å². The minimum atomic E-state index is -0.349. The zero-order valence-corrected chi connectivity index (χ0v) is 11.5. The number of benzene rings is 1. The Morgan fingerprint density at radius 2 is 2.15 bits per heavy atom. The molecule has 0 saturated carbocycles. The van der Waals surface area contributed by atoms with E-state index in [0.29, 0.717) is 18.7 Å². The molecule has 0 amide bonds. The lowest BCUT2D eigenvalue weighted by Crippen LogP contribution is -2.16. The molecule has 6 heteroatoms. The molecule has 0 bridgehead atoms. The van der Waals surface area contributed by atoms with Gasteiger partial charge < -0.3 is 9.88 Å². The molecule has 0 fully saturated rings. The van der Waals surface area contributed by atoms with Crippen LogP contribution in [0, 0.1) is 10.1 Å². The molecule has 0 aliphatic carbocycles. The van der Waals surface area contributed by atoms with Crippen LogP contribution >= 0.6 is 0 Å². The third-order valence-electron chi connectivity index (χ3n) is 3.07. The van der Waals surface area contributed by atoms with E-state index in [2.05, 4.69) is 21.8 Å². The molecule has 0 radical (unpaired) electrons. The van der Waals surface area contributed by atoms with E-state index in [9.17, 15) is 10.1 Å². The third kappa shape index (κ3) is 3.42. The first kappa shape index (κ1) is 14.2. The summed E-state index contributed by atoms with van der Waals surface area (Å²) in [6.07, 6.45) is 4.68. The maximum Gasteiger partial charge on any atom is 0.273 e. The van der Waals surface area contributed by atoms with Crippen molar-refractivity contribution in [3.63, 3.8) is 0 Å². The van der Waals surface area contributed by atoms with Crippen LogP contribution in [0.5, 0.6) is 0 Å². The molecular weight excluding hydrogens is 256 g/mol. The van der Waals surface area contributed by atoms with E-state index in [1.807, 2.05) is 18.6 Å². The Kier molecular flexibility index (Phi) is 4.84. The average molecular weight is 274 g/mol. The number of nitrogens with zero attached hydrogens (tertiary/aromatic N) is 3. The van der Waals surface area contributed by atoms with Gasteiger partial charge in [-0.2, -0.15) is 0 Å². The van der Waals surface area contributed by atoms with Crippen LogP contribution in [0.4, 0.5) is 5.69 Å². The van der Waals surface area contributed by atoms with Crippen molar-refractivity contribution in [2.24, 2.45) is 0 Å². The molecule has 1 aromatic carbocycles.